The lowest BCUT2D eigenvalue weighted by atomic mass is 10.2. The molecular weight excluding hydrogens is 436 g/mol. The second-order valence-corrected chi connectivity index (χ2v) is 8.62. The van der Waals surface area contributed by atoms with Crippen LogP contribution in [0.25, 0.3) is 0 Å². The van der Waals surface area contributed by atoms with Crippen LogP contribution in [-0.4, -0.2) is 26.4 Å². The number of anilines is 1. The molecule has 0 unspecified atom stereocenters. The molecule has 3 aromatic rings. The minimum absolute atomic E-state index is 0.0321. The highest BCUT2D eigenvalue weighted by Crippen LogP contribution is 2.22. The number of benzene rings is 2. The molecule has 3 rings (SSSR count). The average Bonchev–Trinajstić information content (AvgIpc) is 3.13. The van der Waals surface area contributed by atoms with Gasteiger partial charge in [0.15, 0.2) is 5.13 Å². The Kier molecular flexibility index (Phi) is 6.63. The van der Waals surface area contributed by atoms with Crippen LogP contribution in [0, 0.1) is 11.6 Å². The van der Waals surface area contributed by atoms with Crippen LogP contribution in [-0.2, 0) is 27.8 Å². The molecule has 11 heteroatoms. The maximum absolute atomic E-state index is 13.6. The van der Waals surface area contributed by atoms with Gasteiger partial charge >= 0.3 is 0 Å². The molecule has 1 aromatic heterocycles. The number of thiazole rings is 1. The molecule has 1 amide bonds. The number of sulfonamides is 1. The Morgan fingerprint density at radius 3 is 2.43 bits per heavy atom. The molecule has 0 aliphatic carbocycles. The average molecular weight is 453 g/mol. The van der Waals surface area contributed by atoms with E-state index in [4.69, 9.17) is 4.74 Å². The maximum atomic E-state index is 13.6. The normalized spacial score (nSPS) is 11.2. The van der Waals surface area contributed by atoms with Crippen LogP contribution < -0.4 is 14.8 Å². The van der Waals surface area contributed by atoms with Crippen molar-refractivity contribution in [2.75, 3.05) is 11.8 Å². The summed E-state index contributed by atoms with van der Waals surface area (Å²) in [6, 6.07) is 9.27. The van der Waals surface area contributed by atoms with E-state index < -0.39 is 27.6 Å². The Bertz CT molecular complexity index is 1130. The van der Waals surface area contributed by atoms with E-state index in [-0.39, 0.29) is 28.6 Å². The van der Waals surface area contributed by atoms with Gasteiger partial charge in [-0.2, -0.15) is 0 Å². The molecule has 30 heavy (non-hydrogen) atoms. The van der Waals surface area contributed by atoms with Crippen LogP contribution in [0.2, 0.25) is 0 Å². The predicted octanol–water partition coefficient (Wildman–Crippen LogP) is 3.09. The van der Waals surface area contributed by atoms with Gasteiger partial charge in [0.25, 0.3) is 10.0 Å². The molecule has 0 aliphatic heterocycles. The van der Waals surface area contributed by atoms with Crippen molar-refractivity contribution in [2.24, 2.45) is 0 Å². The summed E-state index contributed by atoms with van der Waals surface area (Å²) < 4.78 is 59.4. The van der Waals surface area contributed by atoms with E-state index in [0.29, 0.717) is 11.4 Å². The van der Waals surface area contributed by atoms with E-state index in [2.05, 4.69) is 15.0 Å². The summed E-state index contributed by atoms with van der Waals surface area (Å²) >= 11 is 1.01. The Morgan fingerprint density at radius 2 is 1.80 bits per heavy atom. The number of ether oxygens (including phenoxy) is 1. The number of nitrogens with zero attached hydrogens (tertiary/aromatic N) is 1. The fourth-order valence-corrected chi connectivity index (χ4v) is 4.44. The smallest absolute Gasteiger partial charge is 0.263 e. The van der Waals surface area contributed by atoms with Gasteiger partial charge in [0.05, 0.1) is 24.1 Å². The fraction of sp³-hybridized carbons (Fsp3) is 0.158. The molecule has 2 N–H and O–H groups in total. The molecule has 0 fully saturated rings. The summed E-state index contributed by atoms with van der Waals surface area (Å²) in [6.45, 7) is -0.307. The summed E-state index contributed by atoms with van der Waals surface area (Å²) in [6.07, 6.45) is -0.170. The van der Waals surface area contributed by atoms with Gasteiger partial charge in [0.2, 0.25) is 5.91 Å². The SMILES string of the molecule is COc1ccc(S(=O)(=O)Nc2nc(CC(=O)NCc3c(F)cccc3F)cs2)cc1. The number of carbonyl (C=O) groups is 1. The molecule has 0 saturated heterocycles. The van der Waals surface area contributed by atoms with Gasteiger partial charge in [-0.1, -0.05) is 6.07 Å². The van der Waals surface area contributed by atoms with Gasteiger partial charge < -0.3 is 10.1 Å². The van der Waals surface area contributed by atoms with Gasteiger partial charge in [0, 0.05) is 17.5 Å². The zero-order valence-corrected chi connectivity index (χ0v) is 17.3. The molecule has 0 saturated carbocycles. The molecule has 0 atom stereocenters. The quantitative estimate of drug-likeness (QED) is 0.546. The molecule has 0 aliphatic rings. The highest BCUT2D eigenvalue weighted by Gasteiger charge is 2.17. The first-order valence-electron chi connectivity index (χ1n) is 8.59. The van der Waals surface area contributed by atoms with Crippen LogP contribution in [0.5, 0.6) is 5.75 Å². The van der Waals surface area contributed by atoms with Gasteiger partial charge in [-0.25, -0.2) is 22.2 Å². The van der Waals surface area contributed by atoms with E-state index in [1.54, 1.807) is 0 Å². The van der Waals surface area contributed by atoms with Crippen LogP contribution in [0.3, 0.4) is 0 Å². The Hall–Kier alpha value is -3.05. The highest BCUT2D eigenvalue weighted by atomic mass is 32.2. The standard InChI is InChI=1S/C19H17F2N3O4S2/c1-28-13-5-7-14(8-6-13)30(26,27)24-19-23-12(11-29-19)9-18(25)22-10-15-16(20)3-2-4-17(15)21/h2-8,11H,9-10H2,1H3,(H,22,25)(H,23,24). The number of methoxy groups -OCH3 is 1. The molecular formula is C19H17F2N3O4S2. The highest BCUT2D eigenvalue weighted by molar-refractivity contribution is 7.93. The van der Waals surface area contributed by atoms with Crippen LogP contribution in [0.1, 0.15) is 11.3 Å². The lowest BCUT2D eigenvalue weighted by Gasteiger charge is -2.07. The van der Waals surface area contributed by atoms with Gasteiger partial charge in [-0.15, -0.1) is 11.3 Å². The van der Waals surface area contributed by atoms with Gasteiger partial charge in [0.1, 0.15) is 17.4 Å². The van der Waals surface area contributed by atoms with Crippen molar-refractivity contribution in [1.29, 1.82) is 0 Å². The van der Waals surface area contributed by atoms with Crippen LogP contribution in [0.15, 0.2) is 52.7 Å². The van der Waals surface area contributed by atoms with Crippen molar-refractivity contribution >= 4 is 32.4 Å². The van der Waals surface area contributed by atoms with E-state index >= 15 is 0 Å². The number of amides is 1. The first kappa shape index (κ1) is 21.7. The first-order chi connectivity index (χ1) is 14.3. The Balaban J connectivity index is 1.59. The molecule has 0 spiro atoms. The molecule has 1 heterocycles. The third-order valence-electron chi connectivity index (χ3n) is 4.01. The summed E-state index contributed by atoms with van der Waals surface area (Å²) in [4.78, 5) is 16.2. The summed E-state index contributed by atoms with van der Waals surface area (Å²) in [5.41, 5.74) is 0.0796. The predicted molar refractivity (Wildman–Crippen MR) is 108 cm³/mol. The minimum Gasteiger partial charge on any atom is -0.497 e. The Labute approximate surface area is 175 Å². The number of carbonyl (C=O) groups excluding carboxylic acids is 1. The number of hydrogen-bond donors (Lipinski definition) is 2. The monoisotopic (exact) mass is 453 g/mol. The molecule has 7 nitrogen and oxygen atoms in total. The fourth-order valence-electron chi connectivity index (χ4n) is 2.48. The van der Waals surface area contributed by atoms with E-state index in [1.807, 2.05) is 0 Å². The lowest BCUT2D eigenvalue weighted by Crippen LogP contribution is -2.25. The van der Waals surface area contributed by atoms with Crippen molar-refractivity contribution in [3.8, 4) is 5.75 Å². The van der Waals surface area contributed by atoms with E-state index in [1.165, 1.54) is 42.8 Å². The summed E-state index contributed by atoms with van der Waals surface area (Å²) in [7, 11) is -2.38. The molecule has 158 valence electrons. The van der Waals surface area contributed by atoms with Crippen molar-refractivity contribution in [3.05, 3.63) is 70.7 Å². The lowest BCUT2D eigenvalue weighted by molar-refractivity contribution is -0.120. The van der Waals surface area contributed by atoms with Crippen molar-refractivity contribution in [2.45, 2.75) is 17.9 Å². The first-order valence-corrected chi connectivity index (χ1v) is 11.0. The molecule has 0 radical (unpaired) electrons. The van der Waals surface area contributed by atoms with Crippen LogP contribution >= 0.6 is 11.3 Å². The molecule has 2 aromatic carbocycles. The maximum Gasteiger partial charge on any atom is 0.263 e. The third-order valence-corrected chi connectivity index (χ3v) is 6.30. The second-order valence-electron chi connectivity index (χ2n) is 6.08. The molecule has 0 bridgehead atoms. The Morgan fingerprint density at radius 1 is 1.13 bits per heavy atom. The number of halogens is 2. The second kappa shape index (κ2) is 9.18. The number of rotatable bonds is 8. The largest absolute Gasteiger partial charge is 0.497 e. The van der Waals surface area contributed by atoms with Crippen molar-refractivity contribution in [3.63, 3.8) is 0 Å². The summed E-state index contributed by atoms with van der Waals surface area (Å²) in [5, 5.41) is 4.03. The van der Waals surface area contributed by atoms with E-state index in [0.717, 1.165) is 23.5 Å². The van der Waals surface area contributed by atoms with E-state index in [9.17, 15) is 22.0 Å². The zero-order chi connectivity index (χ0) is 21.7. The number of nitrogens with one attached hydrogen (secondary N) is 2. The number of hydrogen-bond acceptors (Lipinski definition) is 6. The number of aromatic nitrogens is 1. The third kappa shape index (κ3) is 5.30. The minimum atomic E-state index is -3.85. The van der Waals surface area contributed by atoms with Crippen molar-refractivity contribution < 1.29 is 26.7 Å². The van der Waals surface area contributed by atoms with Gasteiger partial charge in [-0.3, -0.25) is 9.52 Å². The zero-order valence-electron chi connectivity index (χ0n) is 15.7. The topological polar surface area (TPSA) is 97.4 Å². The van der Waals surface area contributed by atoms with Gasteiger partial charge in [-0.05, 0) is 36.4 Å². The van der Waals surface area contributed by atoms with Crippen LogP contribution in [0.4, 0.5) is 13.9 Å². The summed E-state index contributed by atoms with van der Waals surface area (Å²) in [5.74, 6) is -1.49. The van der Waals surface area contributed by atoms with Crippen molar-refractivity contribution in [1.82, 2.24) is 10.3 Å².